The lowest BCUT2D eigenvalue weighted by atomic mass is 10.1. The van der Waals surface area contributed by atoms with Crippen LogP contribution in [0.1, 0.15) is 23.2 Å². The normalized spacial score (nSPS) is 22.2. The zero-order valence-electron chi connectivity index (χ0n) is 8.85. The van der Waals surface area contributed by atoms with E-state index in [2.05, 4.69) is 4.90 Å². The van der Waals surface area contributed by atoms with Crippen molar-refractivity contribution < 1.29 is 14.6 Å². The topological polar surface area (TPSA) is 49.8 Å². The highest BCUT2D eigenvalue weighted by atomic mass is 16.5. The van der Waals surface area contributed by atoms with Gasteiger partial charge in [0.25, 0.3) is 0 Å². The van der Waals surface area contributed by atoms with Crippen LogP contribution in [-0.4, -0.2) is 30.3 Å². The van der Waals surface area contributed by atoms with E-state index in [1.807, 2.05) is 6.07 Å². The number of rotatable bonds is 1. The zero-order chi connectivity index (χ0) is 11.1. The van der Waals surface area contributed by atoms with Crippen LogP contribution in [0.15, 0.2) is 18.2 Å². The molecule has 2 heterocycles. The third kappa shape index (κ3) is 1.33. The smallest absolute Gasteiger partial charge is 0.335 e. The Morgan fingerprint density at radius 2 is 2.38 bits per heavy atom. The average Bonchev–Trinajstić information content (AvgIpc) is 2.76. The summed E-state index contributed by atoms with van der Waals surface area (Å²) in [4.78, 5) is 13.2. The fraction of sp³-hybridized carbons (Fsp3) is 0.417. The summed E-state index contributed by atoms with van der Waals surface area (Å²) in [6.45, 7) is 1.73. The third-order valence-corrected chi connectivity index (χ3v) is 3.32. The molecule has 4 heteroatoms. The lowest BCUT2D eigenvalue weighted by molar-refractivity contribution is 0.0696. The van der Waals surface area contributed by atoms with Gasteiger partial charge in [0, 0.05) is 6.54 Å². The Labute approximate surface area is 93.4 Å². The first-order valence-electron chi connectivity index (χ1n) is 5.52. The molecule has 0 aliphatic carbocycles. The van der Waals surface area contributed by atoms with Crippen molar-refractivity contribution in [3.8, 4) is 5.75 Å². The molecule has 0 radical (unpaired) electrons. The van der Waals surface area contributed by atoms with Crippen LogP contribution in [-0.2, 0) is 0 Å². The van der Waals surface area contributed by atoms with E-state index >= 15 is 0 Å². The molecular formula is C12H13NO3. The maximum absolute atomic E-state index is 10.8. The Hall–Kier alpha value is -1.71. The second-order valence-corrected chi connectivity index (χ2v) is 4.29. The summed E-state index contributed by atoms with van der Waals surface area (Å²) in [6.07, 6.45) is 2.36. The van der Waals surface area contributed by atoms with Gasteiger partial charge in [-0.05, 0) is 31.0 Å². The molecule has 4 nitrogen and oxygen atoms in total. The van der Waals surface area contributed by atoms with E-state index in [-0.39, 0.29) is 5.56 Å². The predicted octanol–water partition coefficient (Wildman–Crippen LogP) is 1.75. The number of carboxylic acids is 1. The van der Waals surface area contributed by atoms with Gasteiger partial charge in [-0.15, -0.1) is 0 Å². The van der Waals surface area contributed by atoms with Crippen LogP contribution in [0.25, 0.3) is 0 Å². The number of hydrogen-bond donors (Lipinski definition) is 1. The maximum atomic E-state index is 10.8. The second-order valence-electron chi connectivity index (χ2n) is 4.29. The summed E-state index contributed by atoms with van der Waals surface area (Å²) in [6, 6.07) is 5.59. The maximum Gasteiger partial charge on any atom is 0.335 e. The number of benzene rings is 1. The van der Waals surface area contributed by atoms with Gasteiger partial charge in [-0.3, -0.25) is 0 Å². The van der Waals surface area contributed by atoms with Crippen molar-refractivity contribution in [3.05, 3.63) is 23.8 Å². The molecule has 1 fully saturated rings. The van der Waals surface area contributed by atoms with Crippen molar-refractivity contribution in [1.82, 2.24) is 0 Å². The number of aromatic carboxylic acids is 1. The summed E-state index contributed by atoms with van der Waals surface area (Å²) in [5, 5.41) is 8.90. The van der Waals surface area contributed by atoms with Gasteiger partial charge in [0.2, 0.25) is 0 Å². The van der Waals surface area contributed by atoms with Crippen LogP contribution >= 0.6 is 0 Å². The molecule has 1 aromatic rings. The number of carboxylic acid groups (broad SMARTS) is 1. The van der Waals surface area contributed by atoms with Crippen LogP contribution in [0.4, 0.5) is 5.69 Å². The largest absolute Gasteiger partial charge is 0.489 e. The van der Waals surface area contributed by atoms with Crippen molar-refractivity contribution in [1.29, 1.82) is 0 Å². The van der Waals surface area contributed by atoms with E-state index in [9.17, 15) is 4.79 Å². The van der Waals surface area contributed by atoms with Gasteiger partial charge < -0.3 is 14.7 Å². The highest BCUT2D eigenvalue weighted by molar-refractivity contribution is 5.89. The first kappa shape index (κ1) is 9.51. The number of hydrogen-bond acceptors (Lipinski definition) is 3. The van der Waals surface area contributed by atoms with Crippen molar-refractivity contribution in [2.24, 2.45) is 0 Å². The van der Waals surface area contributed by atoms with Crippen molar-refractivity contribution in [2.75, 3.05) is 18.1 Å². The Balaban J connectivity index is 2.02. The fourth-order valence-corrected chi connectivity index (χ4v) is 2.51. The first-order valence-corrected chi connectivity index (χ1v) is 5.52. The molecule has 0 aromatic heterocycles. The molecule has 1 saturated heterocycles. The lowest BCUT2D eigenvalue weighted by Crippen LogP contribution is -2.38. The predicted molar refractivity (Wildman–Crippen MR) is 59.3 cm³/mol. The molecular weight excluding hydrogens is 206 g/mol. The van der Waals surface area contributed by atoms with Crippen LogP contribution < -0.4 is 9.64 Å². The first-order chi connectivity index (χ1) is 7.75. The standard InChI is InChI=1S/C12H13NO3/c14-12(15)8-3-4-10-11(6-8)16-7-9-2-1-5-13(9)10/h3-4,6,9H,1-2,5,7H2,(H,14,15)/t9-/m0/s1. The summed E-state index contributed by atoms with van der Waals surface area (Å²) in [5.41, 5.74) is 1.33. The Kier molecular flexibility index (Phi) is 2.02. The molecule has 0 unspecified atom stereocenters. The van der Waals surface area contributed by atoms with Crippen LogP contribution in [0.5, 0.6) is 5.75 Å². The van der Waals surface area contributed by atoms with Crippen molar-refractivity contribution in [3.63, 3.8) is 0 Å². The number of anilines is 1. The van der Waals surface area contributed by atoms with Gasteiger partial charge in [0.1, 0.15) is 12.4 Å². The molecule has 0 saturated carbocycles. The van der Waals surface area contributed by atoms with Gasteiger partial charge in [-0.25, -0.2) is 4.79 Å². The Morgan fingerprint density at radius 1 is 1.50 bits per heavy atom. The lowest BCUT2D eigenvalue weighted by Gasteiger charge is -2.33. The minimum absolute atomic E-state index is 0.288. The summed E-state index contributed by atoms with van der Waals surface area (Å²) < 4.78 is 5.62. The average molecular weight is 219 g/mol. The minimum Gasteiger partial charge on any atom is -0.489 e. The van der Waals surface area contributed by atoms with Crippen molar-refractivity contribution >= 4 is 11.7 Å². The van der Waals surface area contributed by atoms with Gasteiger partial charge in [-0.1, -0.05) is 0 Å². The number of nitrogens with zero attached hydrogens (tertiary/aromatic N) is 1. The monoisotopic (exact) mass is 219 g/mol. The van der Waals surface area contributed by atoms with Gasteiger partial charge >= 0.3 is 5.97 Å². The summed E-state index contributed by atoms with van der Waals surface area (Å²) in [5.74, 6) is -0.201. The third-order valence-electron chi connectivity index (χ3n) is 3.32. The summed E-state index contributed by atoms with van der Waals surface area (Å²) >= 11 is 0. The minimum atomic E-state index is -0.907. The molecule has 2 aliphatic rings. The van der Waals surface area contributed by atoms with E-state index in [4.69, 9.17) is 9.84 Å². The molecule has 2 aliphatic heterocycles. The summed E-state index contributed by atoms with van der Waals surface area (Å²) in [7, 11) is 0. The van der Waals surface area contributed by atoms with E-state index < -0.39 is 5.97 Å². The highest BCUT2D eigenvalue weighted by Gasteiger charge is 2.31. The van der Waals surface area contributed by atoms with E-state index in [1.54, 1.807) is 12.1 Å². The van der Waals surface area contributed by atoms with Crippen LogP contribution in [0.2, 0.25) is 0 Å². The molecule has 84 valence electrons. The highest BCUT2D eigenvalue weighted by Crippen LogP contribution is 2.38. The van der Waals surface area contributed by atoms with E-state index in [1.165, 1.54) is 12.8 Å². The molecule has 0 spiro atoms. The SMILES string of the molecule is O=C(O)c1ccc2c(c1)OC[C@@H]1CCCN21. The molecule has 0 bridgehead atoms. The van der Waals surface area contributed by atoms with Crippen LogP contribution in [0.3, 0.4) is 0 Å². The van der Waals surface area contributed by atoms with Crippen molar-refractivity contribution in [2.45, 2.75) is 18.9 Å². The van der Waals surface area contributed by atoms with Gasteiger partial charge in [-0.2, -0.15) is 0 Å². The number of fused-ring (bicyclic) bond motifs is 3. The van der Waals surface area contributed by atoms with E-state index in [0.29, 0.717) is 18.4 Å². The molecule has 1 atom stereocenters. The Bertz CT molecular complexity index is 444. The molecule has 1 N–H and O–H groups in total. The fourth-order valence-electron chi connectivity index (χ4n) is 2.51. The molecule has 0 amide bonds. The molecule has 16 heavy (non-hydrogen) atoms. The quantitative estimate of drug-likeness (QED) is 0.781. The molecule has 1 aromatic carbocycles. The second kappa shape index (κ2) is 3.40. The molecule has 3 rings (SSSR count). The van der Waals surface area contributed by atoms with Gasteiger partial charge in [0.05, 0.1) is 17.3 Å². The number of ether oxygens (including phenoxy) is 1. The van der Waals surface area contributed by atoms with Crippen LogP contribution in [0, 0.1) is 0 Å². The van der Waals surface area contributed by atoms with Gasteiger partial charge in [0.15, 0.2) is 0 Å². The van der Waals surface area contributed by atoms with E-state index in [0.717, 1.165) is 12.2 Å². The Morgan fingerprint density at radius 3 is 3.19 bits per heavy atom. The zero-order valence-corrected chi connectivity index (χ0v) is 8.85. The number of carbonyl (C=O) groups is 1.